The van der Waals surface area contributed by atoms with Gasteiger partial charge in [-0.05, 0) is 32.9 Å². The molecule has 0 aliphatic rings. The van der Waals surface area contributed by atoms with E-state index in [1.807, 2.05) is 36.5 Å². The lowest BCUT2D eigenvalue weighted by atomic mass is 10.1. The first-order valence-electron chi connectivity index (χ1n) is 5.29. The average molecular weight is 205 g/mol. The molecule has 0 aliphatic carbocycles. The Hall–Kier alpha value is -1.31. The van der Waals surface area contributed by atoms with Crippen molar-refractivity contribution in [2.45, 2.75) is 32.7 Å². The number of aliphatic imine (C=N–C) groups is 1. The molecule has 2 nitrogen and oxygen atoms in total. The summed E-state index contributed by atoms with van der Waals surface area (Å²) in [6, 6.07) is 9.84. The zero-order valence-corrected chi connectivity index (χ0v) is 9.73. The summed E-state index contributed by atoms with van der Waals surface area (Å²) >= 11 is 0. The van der Waals surface area contributed by atoms with E-state index in [4.69, 9.17) is 4.74 Å². The SMILES string of the molecule is CC(C)(C)N=CCCOc1ccccc1. The standard InChI is InChI=1S/C13H19NO/c1-13(2,3)14-10-7-11-15-12-8-5-4-6-9-12/h4-6,8-10H,7,11H2,1-3H3. The van der Waals surface area contributed by atoms with E-state index in [1.165, 1.54) is 0 Å². The third-order valence-electron chi connectivity index (χ3n) is 1.74. The molecule has 15 heavy (non-hydrogen) atoms. The predicted octanol–water partition coefficient (Wildman–Crippen LogP) is 3.32. The summed E-state index contributed by atoms with van der Waals surface area (Å²) in [4.78, 5) is 4.38. The minimum atomic E-state index is 0.0206. The molecule has 0 amide bonds. The molecule has 0 aliphatic heterocycles. The Bertz CT molecular complexity index is 298. The highest BCUT2D eigenvalue weighted by Gasteiger charge is 2.03. The second-order valence-electron chi connectivity index (χ2n) is 4.43. The van der Waals surface area contributed by atoms with Crippen molar-refractivity contribution >= 4 is 6.21 Å². The average Bonchev–Trinajstić information content (AvgIpc) is 2.17. The van der Waals surface area contributed by atoms with Gasteiger partial charge in [-0.25, -0.2) is 0 Å². The van der Waals surface area contributed by atoms with Crippen LogP contribution in [0.25, 0.3) is 0 Å². The van der Waals surface area contributed by atoms with Gasteiger partial charge in [0, 0.05) is 12.6 Å². The highest BCUT2D eigenvalue weighted by atomic mass is 16.5. The Balaban J connectivity index is 2.21. The highest BCUT2D eigenvalue weighted by Crippen LogP contribution is 2.08. The van der Waals surface area contributed by atoms with Crippen LogP contribution in [-0.4, -0.2) is 18.4 Å². The molecule has 0 N–H and O–H groups in total. The van der Waals surface area contributed by atoms with E-state index in [9.17, 15) is 0 Å². The molecule has 0 spiro atoms. The lowest BCUT2D eigenvalue weighted by Crippen LogP contribution is -2.10. The lowest BCUT2D eigenvalue weighted by molar-refractivity contribution is 0.330. The number of hydrogen-bond acceptors (Lipinski definition) is 2. The van der Waals surface area contributed by atoms with Gasteiger partial charge in [-0.15, -0.1) is 0 Å². The van der Waals surface area contributed by atoms with Crippen LogP contribution in [0.4, 0.5) is 0 Å². The Labute approximate surface area is 92.0 Å². The number of ether oxygens (including phenoxy) is 1. The van der Waals surface area contributed by atoms with Gasteiger partial charge in [-0.1, -0.05) is 18.2 Å². The number of para-hydroxylation sites is 1. The maximum atomic E-state index is 5.53. The number of rotatable bonds is 4. The second-order valence-corrected chi connectivity index (χ2v) is 4.43. The van der Waals surface area contributed by atoms with Gasteiger partial charge in [0.25, 0.3) is 0 Å². The van der Waals surface area contributed by atoms with Crippen LogP contribution in [0.2, 0.25) is 0 Å². The molecule has 82 valence electrons. The minimum absolute atomic E-state index is 0.0206. The van der Waals surface area contributed by atoms with Crippen LogP contribution in [0.1, 0.15) is 27.2 Å². The van der Waals surface area contributed by atoms with E-state index in [2.05, 4.69) is 25.8 Å². The molecule has 0 unspecified atom stereocenters. The molecule has 1 aromatic rings. The van der Waals surface area contributed by atoms with Crippen molar-refractivity contribution in [2.24, 2.45) is 4.99 Å². The molecular formula is C13H19NO. The van der Waals surface area contributed by atoms with Crippen LogP contribution in [0.5, 0.6) is 5.75 Å². The molecule has 0 saturated heterocycles. The third kappa shape index (κ3) is 5.89. The molecular weight excluding hydrogens is 186 g/mol. The number of nitrogens with zero attached hydrogens (tertiary/aromatic N) is 1. The largest absolute Gasteiger partial charge is 0.493 e. The van der Waals surface area contributed by atoms with Crippen molar-refractivity contribution in [2.75, 3.05) is 6.61 Å². The van der Waals surface area contributed by atoms with Gasteiger partial charge < -0.3 is 4.74 Å². The summed E-state index contributed by atoms with van der Waals surface area (Å²) in [7, 11) is 0. The first-order chi connectivity index (χ1) is 7.08. The third-order valence-corrected chi connectivity index (χ3v) is 1.74. The molecule has 1 aromatic carbocycles. The van der Waals surface area contributed by atoms with Crippen molar-refractivity contribution in [1.29, 1.82) is 0 Å². The molecule has 0 atom stereocenters. The molecule has 0 heterocycles. The molecule has 0 aromatic heterocycles. The highest BCUT2D eigenvalue weighted by molar-refractivity contribution is 5.57. The maximum absolute atomic E-state index is 5.53. The molecule has 0 saturated carbocycles. The number of benzene rings is 1. The summed E-state index contributed by atoms with van der Waals surface area (Å²) in [5, 5.41) is 0. The fourth-order valence-electron chi connectivity index (χ4n) is 1.08. The van der Waals surface area contributed by atoms with E-state index in [-0.39, 0.29) is 5.54 Å². The van der Waals surface area contributed by atoms with Crippen molar-refractivity contribution in [3.8, 4) is 5.75 Å². The Morgan fingerprint density at radius 3 is 2.47 bits per heavy atom. The maximum Gasteiger partial charge on any atom is 0.119 e. The van der Waals surface area contributed by atoms with Gasteiger partial charge in [-0.2, -0.15) is 0 Å². The van der Waals surface area contributed by atoms with Gasteiger partial charge in [0.1, 0.15) is 5.75 Å². The van der Waals surface area contributed by atoms with E-state index in [0.29, 0.717) is 6.61 Å². The van der Waals surface area contributed by atoms with Crippen molar-refractivity contribution in [3.63, 3.8) is 0 Å². The van der Waals surface area contributed by atoms with Crippen LogP contribution in [0, 0.1) is 0 Å². The summed E-state index contributed by atoms with van der Waals surface area (Å²) in [5.41, 5.74) is 0.0206. The Morgan fingerprint density at radius 1 is 1.20 bits per heavy atom. The Morgan fingerprint density at radius 2 is 1.87 bits per heavy atom. The summed E-state index contributed by atoms with van der Waals surface area (Å²) in [6.45, 7) is 6.94. The van der Waals surface area contributed by atoms with Crippen LogP contribution in [0.15, 0.2) is 35.3 Å². The Kier molecular flexibility index (Phi) is 4.35. The topological polar surface area (TPSA) is 21.6 Å². The molecule has 0 radical (unpaired) electrons. The smallest absolute Gasteiger partial charge is 0.119 e. The molecule has 0 bridgehead atoms. The lowest BCUT2D eigenvalue weighted by Gasteiger charge is -2.10. The first-order valence-corrected chi connectivity index (χ1v) is 5.29. The van der Waals surface area contributed by atoms with Crippen molar-refractivity contribution in [3.05, 3.63) is 30.3 Å². The van der Waals surface area contributed by atoms with E-state index in [0.717, 1.165) is 12.2 Å². The quantitative estimate of drug-likeness (QED) is 0.546. The molecule has 0 fully saturated rings. The summed E-state index contributed by atoms with van der Waals surface area (Å²) in [5.74, 6) is 0.918. The zero-order valence-electron chi connectivity index (χ0n) is 9.73. The van der Waals surface area contributed by atoms with E-state index in [1.54, 1.807) is 0 Å². The molecule has 2 heteroatoms. The monoisotopic (exact) mass is 205 g/mol. The number of hydrogen-bond donors (Lipinski definition) is 0. The van der Waals surface area contributed by atoms with Crippen molar-refractivity contribution in [1.82, 2.24) is 0 Å². The van der Waals surface area contributed by atoms with Gasteiger partial charge in [0.2, 0.25) is 0 Å². The van der Waals surface area contributed by atoms with Gasteiger partial charge in [0.05, 0.1) is 12.1 Å². The normalized spacial score (nSPS) is 11.9. The van der Waals surface area contributed by atoms with Crippen molar-refractivity contribution < 1.29 is 4.74 Å². The summed E-state index contributed by atoms with van der Waals surface area (Å²) < 4.78 is 5.53. The first kappa shape index (κ1) is 11.8. The molecule has 1 rings (SSSR count). The van der Waals surface area contributed by atoms with E-state index >= 15 is 0 Å². The van der Waals surface area contributed by atoms with Crippen LogP contribution >= 0.6 is 0 Å². The van der Waals surface area contributed by atoms with Gasteiger partial charge in [0.15, 0.2) is 0 Å². The predicted molar refractivity (Wildman–Crippen MR) is 64.8 cm³/mol. The fraction of sp³-hybridized carbons (Fsp3) is 0.462. The zero-order chi connectivity index (χ0) is 11.1. The van der Waals surface area contributed by atoms with E-state index < -0.39 is 0 Å². The van der Waals surface area contributed by atoms with Gasteiger partial charge in [-0.3, -0.25) is 4.99 Å². The van der Waals surface area contributed by atoms with Crippen LogP contribution < -0.4 is 4.74 Å². The van der Waals surface area contributed by atoms with Crippen LogP contribution in [-0.2, 0) is 0 Å². The minimum Gasteiger partial charge on any atom is -0.493 e. The fourth-order valence-corrected chi connectivity index (χ4v) is 1.08. The van der Waals surface area contributed by atoms with Gasteiger partial charge >= 0.3 is 0 Å². The second kappa shape index (κ2) is 5.54. The van der Waals surface area contributed by atoms with Crippen LogP contribution in [0.3, 0.4) is 0 Å². The summed E-state index contributed by atoms with van der Waals surface area (Å²) in [6.07, 6.45) is 2.79.